The standard InChI is InChI=1S/C13H24O3/c1-6-7-8-11(12(14)16-5)13(4,15)9-10(2)3/h9,11,15H,6-8H2,1-5H3. The first kappa shape index (κ1) is 15.2. The monoisotopic (exact) mass is 228 g/mol. The van der Waals surface area contributed by atoms with Crippen molar-refractivity contribution in [2.24, 2.45) is 5.92 Å². The number of carbonyl (C=O) groups excluding carboxylic acids is 1. The van der Waals surface area contributed by atoms with Gasteiger partial charge in [-0.1, -0.05) is 31.4 Å². The maximum atomic E-state index is 11.6. The molecule has 3 heteroatoms. The minimum atomic E-state index is -1.12. The van der Waals surface area contributed by atoms with E-state index in [0.29, 0.717) is 6.42 Å². The van der Waals surface area contributed by atoms with Crippen LogP contribution < -0.4 is 0 Å². The first-order valence-corrected chi connectivity index (χ1v) is 5.81. The van der Waals surface area contributed by atoms with Gasteiger partial charge >= 0.3 is 5.97 Å². The molecule has 16 heavy (non-hydrogen) atoms. The molecule has 0 aliphatic carbocycles. The van der Waals surface area contributed by atoms with Crippen LogP contribution in [0.25, 0.3) is 0 Å². The van der Waals surface area contributed by atoms with Crippen LogP contribution in [0, 0.1) is 5.92 Å². The molecule has 1 N–H and O–H groups in total. The highest BCUT2D eigenvalue weighted by Crippen LogP contribution is 2.26. The number of carbonyl (C=O) groups is 1. The Morgan fingerprint density at radius 1 is 1.50 bits per heavy atom. The summed E-state index contributed by atoms with van der Waals surface area (Å²) in [4.78, 5) is 11.6. The van der Waals surface area contributed by atoms with Crippen molar-refractivity contribution in [3.05, 3.63) is 11.6 Å². The van der Waals surface area contributed by atoms with Crippen molar-refractivity contribution in [1.29, 1.82) is 0 Å². The van der Waals surface area contributed by atoms with Crippen LogP contribution in [0.3, 0.4) is 0 Å². The second-order valence-corrected chi connectivity index (χ2v) is 4.67. The SMILES string of the molecule is CCCCC(C(=O)OC)C(C)(O)C=C(C)C. The lowest BCUT2D eigenvalue weighted by atomic mass is 9.84. The third kappa shape index (κ3) is 4.79. The van der Waals surface area contributed by atoms with Crippen LogP contribution in [0.5, 0.6) is 0 Å². The third-order valence-corrected chi connectivity index (χ3v) is 2.62. The summed E-state index contributed by atoms with van der Waals surface area (Å²) in [5.74, 6) is -0.816. The molecule has 0 aromatic rings. The molecule has 0 spiro atoms. The molecule has 0 aliphatic heterocycles. The van der Waals surface area contributed by atoms with Gasteiger partial charge in [-0.25, -0.2) is 0 Å². The van der Waals surface area contributed by atoms with Crippen molar-refractivity contribution in [2.45, 2.75) is 52.6 Å². The number of allylic oxidation sites excluding steroid dienone is 1. The van der Waals surface area contributed by atoms with Crippen LogP contribution in [-0.2, 0) is 9.53 Å². The first-order valence-electron chi connectivity index (χ1n) is 5.81. The molecule has 2 unspecified atom stereocenters. The van der Waals surface area contributed by atoms with Crippen LogP contribution in [0.2, 0.25) is 0 Å². The Balaban J connectivity index is 4.86. The molecule has 0 aromatic heterocycles. The number of ether oxygens (including phenoxy) is 1. The van der Waals surface area contributed by atoms with Crippen LogP contribution >= 0.6 is 0 Å². The Bertz CT molecular complexity index is 250. The average molecular weight is 228 g/mol. The second-order valence-electron chi connectivity index (χ2n) is 4.67. The highest BCUT2D eigenvalue weighted by atomic mass is 16.5. The molecular weight excluding hydrogens is 204 g/mol. The summed E-state index contributed by atoms with van der Waals surface area (Å²) >= 11 is 0. The molecule has 0 rings (SSSR count). The predicted molar refractivity (Wildman–Crippen MR) is 65.1 cm³/mol. The van der Waals surface area contributed by atoms with Gasteiger partial charge in [-0.3, -0.25) is 4.79 Å². The molecular formula is C13H24O3. The summed E-state index contributed by atoms with van der Waals surface area (Å²) in [6.45, 7) is 7.53. The number of esters is 1. The van der Waals surface area contributed by atoms with Gasteiger partial charge in [0.15, 0.2) is 0 Å². The molecule has 3 nitrogen and oxygen atoms in total. The van der Waals surface area contributed by atoms with Crippen LogP contribution in [0.1, 0.15) is 47.0 Å². The van der Waals surface area contributed by atoms with Crippen LogP contribution in [-0.4, -0.2) is 23.8 Å². The van der Waals surface area contributed by atoms with Crippen molar-refractivity contribution in [3.63, 3.8) is 0 Å². The second kappa shape index (κ2) is 6.69. The predicted octanol–water partition coefficient (Wildman–Crippen LogP) is 2.68. The Morgan fingerprint density at radius 3 is 2.44 bits per heavy atom. The van der Waals surface area contributed by atoms with Gasteiger partial charge in [0.1, 0.15) is 0 Å². The van der Waals surface area contributed by atoms with Gasteiger partial charge in [-0.15, -0.1) is 0 Å². The summed E-state index contributed by atoms with van der Waals surface area (Å²) in [6, 6.07) is 0. The minimum Gasteiger partial charge on any atom is -0.469 e. The van der Waals surface area contributed by atoms with Gasteiger partial charge in [0.05, 0.1) is 18.6 Å². The third-order valence-electron chi connectivity index (χ3n) is 2.62. The van der Waals surface area contributed by atoms with E-state index in [1.54, 1.807) is 13.0 Å². The molecule has 0 saturated carbocycles. The number of rotatable bonds is 6. The summed E-state index contributed by atoms with van der Waals surface area (Å²) in [6.07, 6.45) is 4.29. The number of hydrogen-bond donors (Lipinski definition) is 1. The van der Waals surface area contributed by atoms with E-state index in [2.05, 4.69) is 6.92 Å². The minimum absolute atomic E-state index is 0.337. The van der Waals surface area contributed by atoms with Crippen LogP contribution in [0.4, 0.5) is 0 Å². The van der Waals surface area contributed by atoms with E-state index in [4.69, 9.17) is 4.74 Å². The smallest absolute Gasteiger partial charge is 0.311 e. The molecule has 0 saturated heterocycles. The molecule has 0 amide bonds. The fraction of sp³-hybridized carbons (Fsp3) is 0.769. The summed E-state index contributed by atoms with van der Waals surface area (Å²) in [5, 5.41) is 10.3. The Morgan fingerprint density at radius 2 is 2.06 bits per heavy atom. The Hall–Kier alpha value is -0.830. The van der Waals surface area contributed by atoms with Crippen molar-refractivity contribution in [2.75, 3.05) is 7.11 Å². The molecule has 0 aliphatic rings. The number of hydrogen-bond acceptors (Lipinski definition) is 3. The van der Waals surface area contributed by atoms with Crippen molar-refractivity contribution in [1.82, 2.24) is 0 Å². The number of methoxy groups -OCH3 is 1. The van der Waals surface area contributed by atoms with E-state index >= 15 is 0 Å². The van der Waals surface area contributed by atoms with E-state index in [0.717, 1.165) is 18.4 Å². The zero-order chi connectivity index (χ0) is 12.8. The quantitative estimate of drug-likeness (QED) is 0.561. The van der Waals surface area contributed by atoms with Gasteiger partial charge in [0.25, 0.3) is 0 Å². The van der Waals surface area contributed by atoms with Crippen molar-refractivity contribution >= 4 is 5.97 Å². The van der Waals surface area contributed by atoms with Crippen molar-refractivity contribution < 1.29 is 14.6 Å². The lowest BCUT2D eigenvalue weighted by molar-refractivity contribution is -0.152. The maximum Gasteiger partial charge on any atom is 0.311 e. The fourth-order valence-electron chi connectivity index (χ4n) is 1.88. The Kier molecular flexibility index (Phi) is 6.34. The zero-order valence-electron chi connectivity index (χ0n) is 11.0. The topological polar surface area (TPSA) is 46.5 Å². The van der Waals surface area contributed by atoms with Crippen molar-refractivity contribution in [3.8, 4) is 0 Å². The molecule has 94 valence electrons. The van der Waals surface area contributed by atoms with E-state index in [1.165, 1.54) is 7.11 Å². The number of aliphatic hydroxyl groups is 1. The summed E-state index contributed by atoms with van der Waals surface area (Å²) in [7, 11) is 1.36. The Labute approximate surface area is 98.5 Å². The molecule has 0 radical (unpaired) electrons. The van der Waals surface area contributed by atoms with E-state index in [9.17, 15) is 9.90 Å². The molecule has 0 heterocycles. The van der Waals surface area contributed by atoms with Gasteiger partial charge in [0.2, 0.25) is 0 Å². The molecule has 0 fully saturated rings. The van der Waals surface area contributed by atoms with E-state index in [-0.39, 0.29) is 5.97 Å². The van der Waals surface area contributed by atoms with Gasteiger partial charge in [-0.2, -0.15) is 0 Å². The van der Waals surface area contributed by atoms with E-state index < -0.39 is 11.5 Å². The lowest BCUT2D eigenvalue weighted by Gasteiger charge is -2.28. The maximum absolute atomic E-state index is 11.6. The lowest BCUT2D eigenvalue weighted by Crippen LogP contribution is -2.38. The fourth-order valence-corrected chi connectivity index (χ4v) is 1.88. The molecule has 0 bridgehead atoms. The van der Waals surface area contributed by atoms with Crippen LogP contribution in [0.15, 0.2) is 11.6 Å². The van der Waals surface area contributed by atoms with Gasteiger partial charge < -0.3 is 9.84 Å². The summed E-state index contributed by atoms with van der Waals surface area (Å²) < 4.78 is 4.75. The number of unbranched alkanes of at least 4 members (excludes halogenated alkanes) is 1. The summed E-state index contributed by atoms with van der Waals surface area (Å²) in [5.41, 5.74) is -0.128. The largest absolute Gasteiger partial charge is 0.469 e. The average Bonchev–Trinajstić information content (AvgIpc) is 2.15. The highest BCUT2D eigenvalue weighted by Gasteiger charge is 2.35. The first-order chi connectivity index (χ1) is 7.35. The van der Waals surface area contributed by atoms with E-state index in [1.807, 2.05) is 13.8 Å². The zero-order valence-corrected chi connectivity index (χ0v) is 11.0. The normalized spacial score (nSPS) is 16.1. The molecule has 2 atom stereocenters. The van der Waals surface area contributed by atoms with Gasteiger partial charge in [-0.05, 0) is 27.2 Å². The molecule has 0 aromatic carbocycles. The highest BCUT2D eigenvalue weighted by molar-refractivity contribution is 5.74. The van der Waals surface area contributed by atoms with Gasteiger partial charge in [0, 0.05) is 0 Å².